The van der Waals surface area contributed by atoms with Crippen molar-refractivity contribution in [2.75, 3.05) is 5.75 Å². The minimum Gasteiger partial charge on any atom is -0.290 e. The van der Waals surface area contributed by atoms with Crippen molar-refractivity contribution in [1.29, 1.82) is 0 Å². The van der Waals surface area contributed by atoms with Gasteiger partial charge in [-0.2, -0.15) is 11.8 Å². The van der Waals surface area contributed by atoms with Gasteiger partial charge < -0.3 is 0 Å². The Bertz CT molecular complexity index is 517. The van der Waals surface area contributed by atoms with Gasteiger partial charge in [-0.3, -0.25) is 4.40 Å². The third-order valence-electron chi connectivity index (χ3n) is 3.26. The molecule has 1 aliphatic rings. The van der Waals surface area contributed by atoms with Crippen LogP contribution in [0.15, 0.2) is 29.0 Å². The van der Waals surface area contributed by atoms with Crippen molar-refractivity contribution < 1.29 is 0 Å². The van der Waals surface area contributed by atoms with Crippen LogP contribution in [0.4, 0.5) is 0 Å². The van der Waals surface area contributed by atoms with Gasteiger partial charge in [0.25, 0.3) is 0 Å². The van der Waals surface area contributed by atoms with E-state index in [0.29, 0.717) is 0 Å². The van der Waals surface area contributed by atoms with E-state index in [1.807, 2.05) is 6.20 Å². The zero-order valence-corrected chi connectivity index (χ0v) is 12.0. The van der Waals surface area contributed by atoms with E-state index in [1.165, 1.54) is 36.4 Å². The Hall–Kier alpha value is -0.480. The fourth-order valence-electron chi connectivity index (χ4n) is 2.39. The quantitative estimate of drug-likeness (QED) is 0.782. The number of imidazole rings is 1. The number of nitrogens with zero attached hydrogens (tertiary/aromatic N) is 2. The van der Waals surface area contributed by atoms with Crippen molar-refractivity contribution in [1.82, 2.24) is 9.38 Å². The number of hydrogen-bond donors (Lipinski definition) is 0. The van der Waals surface area contributed by atoms with E-state index < -0.39 is 0 Å². The smallest absolute Gasteiger partial charge is 0.115 e. The Kier molecular flexibility index (Phi) is 3.43. The molecule has 0 aliphatic carbocycles. The Morgan fingerprint density at radius 2 is 2.35 bits per heavy atom. The van der Waals surface area contributed by atoms with E-state index in [9.17, 15) is 0 Å². The zero-order valence-electron chi connectivity index (χ0n) is 9.60. The lowest BCUT2D eigenvalue weighted by atomic mass is 10.1. The third-order valence-corrected chi connectivity index (χ3v) is 5.28. The normalized spacial score (nSPS) is 20.9. The summed E-state index contributed by atoms with van der Waals surface area (Å²) < 4.78 is 3.32. The van der Waals surface area contributed by atoms with Gasteiger partial charge in [-0.25, -0.2) is 4.98 Å². The van der Waals surface area contributed by atoms with Gasteiger partial charge in [-0.1, -0.05) is 12.5 Å². The lowest BCUT2D eigenvalue weighted by Gasteiger charge is -2.20. The molecule has 0 N–H and O–H groups in total. The second-order valence-electron chi connectivity index (χ2n) is 4.48. The summed E-state index contributed by atoms with van der Waals surface area (Å²) in [5, 5.41) is 0.751. The van der Waals surface area contributed by atoms with Crippen LogP contribution in [-0.4, -0.2) is 20.4 Å². The highest BCUT2D eigenvalue weighted by Crippen LogP contribution is 2.28. The van der Waals surface area contributed by atoms with Gasteiger partial charge >= 0.3 is 0 Å². The molecule has 4 heteroatoms. The Morgan fingerprint density at radius 1 is 1.41 bits per heavy atom. The maximum absolute atomic E-state index is 4.57. The standard InChI is InChI=1S/C13H15BrN2S/c14-12-6-3-4-10-9-15-13(16(10)12)8-11-5-1-2-7-17-11/h3-4,6,9,11H,1-2,5,7-8H2. The van der Waals surface area contributed by atoms with Gasteiger partial charge in [0.2, 0.25) is 0 Å². The lowest BCUT2D eigenvalue weighted by Crippen LogP contribution is -2.14. The van der Waals surface area contributed by atoms with Crippen molar-refractivity contribution in [3.05, 3.63) is 34.8 Å². The molecule has 1 atom stereocenters. The molecule has 3 rings (SSSR count). The molecule has 0 saturated carbocycles. The SMILES string of the molecule is Brc1cccc2cnc(CC3CCCCS3)n12. The highest BCUT2D eigenvalue weighted by molar-refractivity contribution is 9.10. The predicted octanol–water partition coefficient (Wildman–Crippen LogP) is 3.93. The number of pyridine rings is 1. The molecule has 0 radical (unpaired) electrons. The average Bonchev–Trinajstić information content (AvgIpc) is 2.75. The molecular formula is C13H15BrN2S. The Labute approximate surface area is 114 Å². The number of halogens is 1. The first-order chi connectivity index (χ1) is 8.34. The minimum atomic E-state index is 0.751. The molecule has 2 nitrogen and oxygen atoms in total. The van der Waals surface area contributed by atoms with Crippen LogP contribution in [0.1, 0.15) is 25.1 Å². The molecule has 2 aromatic heterocycles. The molecule has 17 heavy (non-hydrogen) atoms. The predicted molar refractivity (Wildman–Crippen MR) is 76.7 cm³/mol. The van der Waals surface area contributed by atoms with Crippen LogP contribution in [-0.2, 0) is 6.42 Å². The summed E-state index contributed by atoms with van der Waals surface area (Å²) in [6.07, 6.45) is 7.15. The minimum absolute atomic E-state index is 0.751. The molecule has 0 amide bonds. The van der Waals surface area contributed by atoms with Gasteiger partial charge in [0.15, 0.2) is 0 Å². The van der Waals surface area contributed by atoms with Crippen LogP contribution in [0.25, 0.3) is 5.52 Å². The van der Waals surface area contributed by atoms with Crippen LogP contribution in [0, 0.1) is 0 Å². The maximum atomic E-state index is 4.57. The molecule has 0 spiro atoms. The van der Waals surface area contributed by atoms with Crippen LogP contribution in [0.2, 0.25) is 0 Å². The average molecular weight is 311 g/mol. The number of fused-ring (bicyclic) bond motifs is 1. The highest BCUT2D eigenvalue weighted by atomic mass is 79.9. The van der Waals surface area contributed by atoms with Crippen molar-refractivity contribution in [2.24, 2.45) is 0 Å². The fraction of sp³-hybridized carbons (Fsp3) is 0.462. The van der Waals surface area contributed by atoms with Crippen LogP contribution in [0.3, 0.4) is 0 Å². The molecule has 0 bridgehead atoms. The second kappa shape index (κ2) is 5.02. The first-order valence-electron chi connectivity index (χ1n) is 6.07. The van der Waals surface area contributed by atoms with E-state index in [1.54, 1.807) is 0 Å². The number of aromatic nitrogens is 2. The van der Waals surface area contributed by atoms with E-state index >= 15 is 0 Å². The van der Waals surface area contributed by atoms with Crippen molar-refractivity contribution in [3.63, 3.8) is 0 Å². The molecular weight excluding hydrogens is 296 g/mol. The Morgan fingerprint density at radius 3 is 3.18 bits per heavy atom. The summed E-state index contributed by atoms with van der Waals surface area (Å²) >= 11 is 5.72. The first kappa shape index (κ1) is 11.6. The van der Waals surface area contributed by atoms with E-state index in [2.05, 4.69) is 55.3 Å². The van der Waals surface area contributed by atoms with E-state index in [0.717, 1.165) is 16.3 Å². The second-order valence-corrected chi connectivity index (χ2v) is 6.70. The van der Waals surface area contributed by atoms with Crippen LogP contribution < -0.4 is 0 Å². The summed E-state index contributed by atoms with van der Waals surface area (Å²) in [6, 6.07) is 6.24. The van der Waals surface area contributed by atoms with Crippen LogP contribution in [0.5, 0.6) is 0 Å². The summed E-state index contributed by atoms with van der Waals surface area (Å²) in [5.74, 6) is 2.50. The monoisotopic (exact) mass is 310 g/mol. The van der Waals surface area contributed by atoms with E-state index in [-0.39, 0.29) is 0 Å². The molecule has 0 aromatic carbocycles. The number of thioether (sulfide) groups is 1. The van der Waals surface area contributed by atoms with Gasteiger partial charge in [0, 0.05) is 11.7 Å². The zero-order chi connectivity index (χ0) is 11.7. The molecule has 90 valence electrons. The summed E-state index contributed by atoms with van der Waals surface area (Å²) in [7, 11) is 0. The molecule has 1 unspecified atom stereocenters. The number of rotatable bonds is 2. The summed E-state index contributed by atoms with van der Waals surface area (Å²) in [6.45, 7) is 0. The molecule has 1 aliphatic heterocycles. The highest BCUT2D eigenvalue weighted by Gasteiger charge is 2.17. The van der Waals surface area contributed by atoms with Crippen LogP contribution >= 0.6 is 27.7 Å². The fourth-order valence-corrected chi connectivity index (χ4v) is 4.25. The number of hydrogen-bond acceptors (Lipinski definition) is 2. The van der Waals surface area contributed by atoms with Gasteiger partial charge in [-0.05, 0) is 46.7 Å². The largest absolute Gasteiger partial charge is 0.290 e. The van der Waals surface area contributed by atoms with Gasteiger partial charge in [0.05, 0.1) is 16.3 Å². The van der Waals surface area contributed by atoms with Crippen molar-refractivity contribution in [2.45, 2.75) is 30.9 Å². The third kappa shape index (κ3) is 2.38. The first-order valence-corrected chi connectivity index (χ1v) is 7.91. The summed E-state index contributed by atoms with van der Waals surface area (Å²) in [4.78, 5) is 4.57. The lowest BCUT2D eigenvalue weighted by molar-refractivity contribution is 0.646. The Balaban J connectivity index is 1.89. The van der Waals surface area contributed by atoms with E-state index in [4.69, 9.17) is 0 Å². The van der Waals surface area contributed by atoms with Gasteiger partial charge in [0.1, 0.15) is 5.82 Å². The van der Waals surface area contributed by atoms with Gasteiger partial charge in [-0.15, -0.1) is 0 Å². The molecule has 2 aromatic rings. The topological polar surface area (TPSA) is 17.3 Å². The van der Waals surface area contributed by atoms with Crippen molar-refractivity contribution in [3.8, 4) is 0 Å². The molecule has 1 saturated heterocycles. The molecule has 1 fully saturated rings. The molecule has 3 heterocycles. The summed E-state index contributed by atoms with van der Waals surface area (Å²) in [5.41, 5.74) is 1.18. The van der Waals surface area contributed by atoms with Crippen molar-refractivity contribution >= 4 is 33.2 Å². The maximum Gasteiger partial charge on any atom is 0.115 e.